The second kappa shape index (κ2) is 7.55. The highest BCUT2D eigenvalue weighted by Gasteiger charge is 2.35. The molecule has 0 N–H and O–H groups in total. The van der Waals surface area contributed by atoms with Crippen LogP contribution in [0.15, 0.2) is 24.4 Å². The molecule has 2 rings (SSSR count). The van der Waals surface area contributed by atoms with Crippen molar-refractivity contribution in [2.24, 2.45) is 11.8 Å². The third-order valence-corrected chi connectivity index (χ3v) is 4.28. The van der Waals surface area contributed by atoms with Crippen LogP contribution in [0.3, 0.4) is 0 Å². The lowest BCUT2D eigenvalue weighted by Gasteiger charge is -2.26. The van der Waals surface area contributed by atoms with Gasteiger partial charge in [-0.15, -0.1) is 0 Å². The predicted octanol–water partition coefficient (Wildman–Crippen LogP) is 2.06. The van der Waals surface area contributed by atoms with Crippen molar-refractivity contribution in [1.29, 1.82) is 0 Å². The molecule has 116 valence electrons. The first-order valence-corrected chi connectivity index (χ1v) is 7.99. The molecule has 0 spiro atoms. The van der Waals surface area contributed by atoms with Gasteiger partial charge in [-0.1, -0.05) is 19.9 Å². The Bertz CT molecular complexity index is 449. The van der Waals surface area contributed by atoms with Crippen molar-refractivity contribution in [3.63, 3.8) is 0 Å². The van der Waals surface area contributed by atoms with Gasteiger partial charge in [0.15, 0.2) is 0 Å². The van der Waals surface area contributed by atoms with Crippen molar-refractivity contribution in [2.75, 3.05) is 33.2 Å². The molecule has 0 radical (unpaired) electrons. The zero-order chi connectivity index (χ0) is 15.2. The molecule has 1 aliphatic heterocycles. The molecule has 1 aromatic rings. The summed E-state index contributed by atoms with van der Waals surface area (Å²) in [7, 11) is 2.10. The Balaban J connectivity index is 1.96. The number of hydrogen-bond donors (Lipinski definition) is 0. The lowest BCUT2D eigenvalue weighted by atomic mass is 9.96. The summed E-state index contributed by atoms with van der Waals surface area (Å²) >= 11 is 0. The largest absolute Gasteiger partial charge is 0.342 e. The molecule has 2 atom stereocenters. The van der Waals surface area contributed by atoms with E-state index in [-0.39, 0.29) is 5.92 Å². The van der Waals surface area contributed by atoms with Crippen molar-refractivity contribution in [2.45, 2.75) is 26.7 Å². The minimum absolute atomic E-state index is 0.158. The maximum Gasteiger partial charge on any atom is 0.227 e. The summed E-state index contributed by atoms with van der Waals surface area (Å²) in [6, 6.07) is 5.96. The average Bonchev–Trinajstić information content (AvgIpc) is 2.82. The van der Waals surface area contributed by atoms with E-state index in [0.717, 1.165) is 44.7 Å². The molecule has 4 nitrogen and oxygen atoms in total. The molecule has 1 saturated heterocycles. The van der Waals surface area contributed by atoms with Crippen molar-refractivity contribution in [3.8, 4) is 0 Å². The maximum atomic E-state index is 12.8. The normalized spacial score (nSPS) is 22.4. The van der Waals surface area contributed by atoms with Crippen LogP contribution in [0.4, 0.5) is 0 Å². The minimum atomic E-state index is 0.158. The molecule has 4 heteroatoms. The van der Waals surface area contributed by atoms with Crippen LogP contribution in [-0.2, 0) is 11.2 Å². The number of hydrogen-bond acceptors (Lipinski definition) is 3. The number of amides is 1. The standard InChI is InChI=1S/C17H27N3O/c1-4-10-20(11-8-15-7-5-6-9-18-15)17(21)16-13-19(3)12-14(16)2/h5-7,9,14,16H,4,8,10-13H2,1-3H3/t14-,16-/m0/s1. The molecule has 0 unspecified atom stereocenters. The second-order valence-electron chi connectivity index (χ2n) is 6.20. The molecule has 1 aliphatic rings. The van der Waals surface area contributed by atoms with E-state index in [1.807, 2.05) is 29.3 Å². The van der Waals surface area contributed by atoms with Gasteiger partial charge >= 0.3 is 0 Å². The van der Waals surface area contributed by atoms with Gasteiger partial charge in [0.25, 0.3) is 0 Å². The Morgan fingerprint density at radius 3 is 2.76 bits per heavy atom. The highest BCUT2D eigenvalue weighted by Crippen LogP contribution is 2.23. The van der Waals surface area contributed by atoms with E-state index < -0.39 is 0 Å². The fourth-order valence-electron chi connectivity index (χ4n) is 3.16. The Kier molecular flexibility index (Phi) is 5.74. The van der Waals surface area contributed by atoms with E-state index in [4.69, 9.17) is 0 Å². The van der Waals surface area contributed by atoms with Crippen LogP contribution in [0.2, 0.25) is 0 Å². The van der Waals surface area contributed by atoms with E-state index in [1.165, 1.54) is 0 Å². The first kappa shape index (κ1) is 16.0. The Labute approximate surface area is 128 Å². The number of nitrogens with zero attached hydrogens (tertiary/aromatic N) is 3. The number of likely N-dealkylation sites (tertiary alicyclic amines) is 1. The number of carbonyl (C=O) groups is 1. The van der Waals surface area contributed by atoms with Gasteiger partial charge in [0.05, 0.1) is 5.92 Å². The van der Waals surface area contributed by atoms with Gasteiger partial charge in [0.1, 0.15) is 0 Å². The predicted molar refractivity (Wildman–Crippen MR) is 85.0 cm³/mol. The topological polar surface area (TPSA) is 36.4 Å². The van der Waals surface area contributed by atoms with Crippen LogP contribution in [0.1, 0.15) is 26.0 Å². The summed E-state index contributed by atoms with van der Waals surface area (Å²) < 4.78 is 0. The summed E-state index contributed by atoms with van der Waals surface area (Å²) in [6.07, 6.45) is 3.66. The first-order chi connectivity index (χ1) is 10.1. The third kappa shape index (κ3) is 4.27. The maximum absolute atomic E-state index is 12.8. The lowest BCUT2D eigenvalue weighted by molar-refractivity contribution is -0.136. The van der Waals surface area contributed by atoms with Crippen LogP contribution in [0, 0.1) is 11.8 Å². The molecule has 0 bridgehead atoms. The molecule has 2 heterocycles. The third-order valence-electron chi connectivity index (χ3n) is 4.28. The van der Waals surface area contributed by atoms with E-state index in [9.17, 15) is 4.79 Å². The SMILES string of the molecule is CCCN(CCc1ccccn1)C(=O)[C@H]1CN(C)C[C@@H]1C. The zero-order valence-electron chi connectivity index (χ0n) is 13.5. The molecular weight excluding hydrogens is 262 g/mol. The van der Waals surface area contributed by atoms with Gasteiger partial charge in [0.2, 0.25) is 5.91 Å². The fourth-order valence-corrected chi connectivity index (χ4v) is 3.16. The van der Waals surface area contributed by atoms with Gasteiger partial charge in [-0.05, 0) is 31.5 Å². The molecular formula is C17H27N3O. The number of carbonyl (C=O) groups excluding carboxylic acids is 1. The monoisotopic (exact) mass is 289 g/mol. The smallest absolute Gasteiger partial charge is 0.227 e. The van der Waals surface area contributed by atoms with Crippen molar-refractivity contribution in [3.05, 3.63) is 30.1 Å². The highest BCUT2D eigenvalue weighted by molar-refractivity contribution is 5.79. The summed E-state index contributed by atoms with van der Waals surface area (Å²) in [6.45, 7) is 7.86. The number of pyridine rings is 1. The quantitative estimate of drug-likeness (QED) is 0.804. The summed E-state index contributed by atoms with van der Waals surface area (Å²) in [4.78, 5) is 21.4. The van der Waals surface area contributed by atoms with Crippen LogP contribution < -0.4 is 0 Å². The van der Waals surface area contributed by atoms with Crippen LogP contribution >= 0.6 is 0 Å². The Hall–Kier alpha value is -1.42. The number of rotatable bonds is 6. The lowest BCUT2D eigenvalue weighted by Crippen LogP contribution is -2.40. The van der Waals surface area contributed by atoms with Crippen molar-refractivity contribution < 1.29 is 4.79 Å². The molecule has 1 amide bonds. The summed E-state index contributed by atoms with van der Waals surface area (Å²) in [5.41, 5.74) is 1.06. The van der Waals surface area contributed by atoms with Crippen molar-refractivity contribution in [1.82, 2.24) is 14.8 Å². The fraction of sp³-hybridized carbons (Fsp3) is 0.647. The first-order valence-electron chi connectivity index (χ1n) is 7.99. The van der Waals surface area contributed by atoms with E-state index in [2.05, 4.69) is 30.8 Å². The highest BCUT2D eigenvalue weighted by atomic mass is 16.2. The molecule has 1 aromatic heterocycles. The molecule has 0 aromatic carbocycles. The van der Waals surface area contributed by atoms with Crippen LogP contribution in [0.5, 0.6) is 0 Å². The van der Waals surface area contributed by atoms with E-state index in [1.54, 1.807) is 0 Å². The molecule has 21 heavy (non-hydrogen) atoms. The second-order valence-corrected chi connectivity index (χ2v) is 6.20. The minimum Gasteiger partial charge on any atom is -0.342 e. The van der Waals surface area contributed by atoms with Crippen LogP contribution in [0.25, 0.3) is 0 Å². The van der Waals surface area contributed by atoms with E-state index >= 15 is 0 Å². The molecule has 0 saturated carbocycles. The zero-order valence-corrected chi connectivity index (χ0v) is 13.5. The summed E-state index contributed by atoms with van der Waals surface area (Å²) in [5.74, 6) is 0.937. The van der Waals surface area contributed by atoms with Gasteiger partial charge in [0, 0.05) is 44.5 Å². The van der Waals surface area contributed by atoms with Gasteiger partial charge in [-0.2, -0.15) is 0 Å². The van der Waals surface area contributed by atoms with Crippen LogP contribution in [-0.4, -0.2) is 53.9 Å². The van der Waals surface area contributed by atoms with E-state index in [0.29, 0.717) is 11.8 Å². The number of aromatic nitrogens is 1. The van der Waals surface area contributed by atoms with Gasteiger partial charge < -0.3 is 9.80 Å². The summed E-state index contributed by atoms with van der Waals surface area (Å²) in [5, 5.41) is 0. The Morgan fingerprint density at radius 1 is 1.38 bits per heavy atom. The molecule has 0 aliphatic carbocycles. The van der Waals surface area contributed by atoms with Gasteiger partial charge in [-0.25, -0.2) is 0 Å². The Morgan fingerprint density at radius 2 is 2.19 bits per heavy atom. The van der Waals surface area contributed by atoms with Crippen molar-refractivity contribution >= 4 is 5.91 Å². The molecule has 1 fully saturated rings. The average molecular weight is 289 g/mol. The van der Waals surface area contributed by atoms with Gasteiger partial charge in [-0.3, -0.25) is 9.78 Å².